The highest BCUT2D eigenvalue weighted by Crippen LogP contribution is 2.36. The smallest absolute Gasteiger partial charge is 0.249 e. The van der Waals surface area contributed by atoms with E-state index in [1.807, 2.05) is 32.4 Å². The molecule has 2 unspecified atom stereocenters. The van der Waals surface area contributed by atoms with Crippen LogP contribution in [0.3, 0.4) is 0 Å². The van der Waals surface area contributed by atoms with Gasteiger partial charge in [0.1, 0.15) is 29.5 Å². The van der Waals surface area contributed by atoms with Crippen molar-refractivity contribution in [3.05, 3.63) is 35.4 Å². The third kappa shape index (κ3) is 3.05. The van der Waals surface area contributed by atoms with Gasteiger partial charge in [0.05, 0.1) is 6.21 Å². The number of carbonyl (C=O) groups excluding carboxylic acids is 1. The van der Waals surface area contributed by atoms with Crippen molar-refractivity contribution in [3.63, 3.8) is 0 Å². The van der Waals surface area contributed by atoms with Gasteiger partial charge in [0.25, 0.3) is 0 Å². The molecule has 1 aromatic heterocycles. The molecule has 1 amide bonds. The van der Waals surface area contributed by atoms with E-state index >= 15 is 0 Å². The maximum Gasteiger partial charge on any atom is 0.249 e. The molecule has 3 aliphatic rings. The summed E-state index contributed by atoms with van der Waals surface area (Å²) in [5.74, 6) is 2.02. The Labute approximate surface area is 160 Å². The molecule has 0 radical (unpaired) electrons. The van der Waals surface area contributed by atoms with Crippen LogP contribution in [-0.2, 0) is 4.79 Å². The Morgan fingerprint density at radius 3 is 2.81 bits per heavy atom. The first kappa shape index (κ1) is 17.8. The highest BCUT2D eigenvalue weighted by atomic mass is 16.2. The van der Waals surface area contributed by atoms with Gasteiger partial charge in [-0.3, -0.25) is 9.79 Å². The summed E-state index contributed by atoms with van der Waals surface area (Å²) in [6.07, 6.45) is 9.03. The average molecular weight is 368 g/mol. The van der Waals surface area contributed by atoms with Crippen LogP contribution in [0, 0.1) is 0 Å². The van der Waals surface area contributed by atoms with Crippen molar-refractivity contribution in [1.29, 1.82) is 0 Å². The zero-order chi connectivity index (χ0) is 19.0. The number of hydrogen-bond donors (Lipinski definition) is 2. The van der Waals surface area contributed by atoms with Crippen molar-refractivity contribution in [2.75, 3.05) is 19.4 Å². The van der Waals surface area contributed by atoms with Crippen LogP contribution in [-0.4, -0.2) is 53.1 Å². The van der Waals surface area contributed by atoms with Gasteiger partial charge in [-0.2, -0.15) is 0 Å². The summed E-state index contributed by atoms with van der Waals surface area (Å²) in [4.78, 5) is 26.0. The van der Waals surface area contributed by atoms with Crippen molar-refractivity contribution in [2.24, 2.45) is 4.99 Å². The lowest BCUT2D eigenvalue weighted by Crippen LogP contribution is -2.58. The van der Waals surface area contributed by atoms with E-state index in [2.05, 4.69) is 32.4 Å². The van der Waals surface area contributed by atoms with E-state index in [0.717, 1.165) is 42.2 Å². The van der Waals surface area contributed by atoms with E-state index in [1.165, 1.54) is 12.8 Å². The molecule has 1 aromatic rings. The first-order valence-corrected chi connectivity index (χ1v) is 9.87. The van der Waals surface area contributed by atoms with Crippen LogP contribution in [0.4, 0.5) is 5.82 Å². The molecule has 2 aliphatic heterocycles. The second kappa shape index (κ2) is 7.21. The molecule has 1 aliphatic carbocycles. The zero-order valence-corrected chi connectivity index (χ0v) is 16.3. The van der Waals surface area contributed by atoms with Crippen molar-refractivity contribution in [3.8, 4) is 0 Å². The number of rotatable bonds is 4. The van der Waals surface area contributed by atoms with Crippen LogP contribution < -0.4 is 10.6 Å². The van der Waals surface area contributed by atoms with E-state index in [-0.39, 0.29) is 18.1 Å². The number of pyridine rings is 1. The predicted molar refractivity (Wildman–Crippen MR) is 106 cm³/mol. The summed E-state index contributed by atoms with van der Waals surface area (Å²) in [5, 5.41) is 6.70. The molecule has 7 nitrogen and oxygen atoms in total. The number of amides is 1. The number of nitrogens with one attached hydrogen (secondary N) is 2. The molecular formula is C20H28N6O. The van der Waals surface area contributed by atoms with Crippen molar-refractivity contribution in [2.45, 2.75) is 57.3 Å². The summed E-state index contributed by atoms with van der Waals surface area (Å²) in [6, 6.07) is 4.30. The minimum absolute atomic E-state index is 0.109. The van der Waals surface area contributed by atoms with E-state index in [4.69, 9.17) is 0 Å². The highest BCUT2D eigenvalue weighted by molar-refractivity contribution is 5.93. The summed E-state index contributed by atoms with van der Waals surface area (Å²) in [6.45, 7) is 2.10. The van der Waals surface area contributed by atoms with Crippen LogP contribution in [0.1, 0.15) is 50.8 Å². The number of allylic oxidation sites excluding steroid dienone is 1. The van der Waals surface area contributed by atoms with Crippen LogP contribution in [0.2, 0.25) is 0 Å². The Hall–Kier alpha value is -2.57. The van der Waals surface area contributed by atoms with E-state index < -0.39 is 0 Å². The first-order chi connectivity index (χ1) is 13.1. The lowest BCUT2D eigenvalue weighted by molar-refractivity contribution is -0.136. The van der Waals surface area contributed by atoms with Gasteiger partial charge in [0.2, 0.25) is 5.91 Å². The molecule has 7 heteroatoms. The molecule has 0 bridgehead atoms. The molecule has 3 heterocycles. The fraction of sp³-hybridized carbons (Fsp3) is 0.550. The molecule has 2 N–H and O–H groups in total. The summed E-state index contributed by atoms with van der Waals surface area (Å²) in [5.41, 5.74) is 1.92. The van der Waals surface area contributed by atoms with Gasteiger partial charge in [-0.1, -0.05) is 19.8 Å². The molecule has 144 valence electrons. The molecular weight excluding hydrogens is 340 g/mol. The van der Waals surface area contributed by atoms with Gasteiger partial charge in [0.15, 0.2) is 0 Å². The van der Waals surface area contributed by atoms with Gasteiger partial charge in [-0.15, -0.1) is 0 Å². The van der Waals surface area contributed by atoms with E-state index in [9.17, 15) is 4.79 Å². The summed E-state index contributed by atoms with van der Waals surface area (Å²) < 4.78 is 0. The van der Waals surface area contributed by atoms with E-state index in [0.29, 0.717) is 6.04 Å². The largest absolute Gasteiger partial charge is 0.373 e. The molecule has 0 spiro atoms. The normalized spacial score (nSPS) is 25.7. The number of aliphatic imine (C=N–C) groups is 1. The highest BCUT2D eigenvalue weighted by Gasteiger charge is 2.42. The summed E-state index contributed by atoms with van der Waals surface area (Å²) in [7, 11) is 3.71. The maximum absolute atomic E-state index is 13.0. The first-order valence-electron chi connectivity index (χ1n) is 9.87. The number of hydrogen-bond acceptors (Lipinski definition) is 6. The Bertz CT molecular complexity index is 782. The molecule has 1 saturated carbocycles. The Kier molecular flexibility index (Phi) is 4.76. The second-order valence-corrected chi connectivity index (χ2v) is 7.45. The molecule has 0 saturated heterocycles. The average Bonchev–Trinajstić information content (AvgIpc) is 3.24. The molecule has 27 heavy (non-hydrogen) atoms. The maximum atomic E-state index is 13.0. The van der Waals surface area contributed by atoms with Crippen molar-refractivity contribution < 1.29 is 4.79 Å². The molecule has 0 aromatic carbocycles. The molecule has 2 atom stereocenters. The van der Waals surface area contributed by atoms with Crippen LogP contribution in [0.15, 0.2) is 34.8 Å². The third-order valence-corrected chi connectivity index (χ3v) is 5.89. The number of anilines is 1. The molecule has 1 fully saturated rings. The van der Waals surface area contributed by atoms with E-state index in [1.54, 1.807) is 11.1 Å². The number of aromatic nitrogens is 1. The van der Waals surface area contributed by atoms with Crippen LogP contribution in [0.5, 0.6) is 0 Å². The topological polar surface area (TPSA) is 72.9 Å². The standard InChI is InChI=1S/C20H28N6O/c1-4-15-20(27)25(3)16-12-23-18(13-9-10-22-17(11-13)21-2)24-19(16)26(15)14-7-5-6-8-14/h9-12,14-15,18,24H,4-8H2,1-3H3,(H,21,22). The van der Waals surface area contributed by atoms with Crippen molar-refractivity contribution in [1.82, 2.24) is 20.1 Å². The number of nitrogens with zero attached hydrogens (tertiary/aromatic N) is 4. The quantitative estimate of drug-likeness (QED) is 0.854. The Morgan fingerprint density at radius 2 is 2.11 bits per heavy atom. The van der Waals surface area contributed by atoms with Gasteiger partial charge < -0.3 is 20.4 Å². The van der Waals surface area contributed by atoms with Gasteiger partial charge in [0, 0.05) is 31.9 Å². The summed E-state index contributed by atoms with van der Waals surface area (Å²) >= 11 is 0. The fourth-order valence-electron chi connectivity index (χ4n) is 4.43. The van der Waals surface area contributed by atoms with Gasteiger partial charge in [-0.05, 0) is 31.4 Å². The van der Waals surface area contributed by atoms with Crippen LogP contribution in [0.25, 0.3) is 0 Å². The lowest BCUT2D eigenvalue weighted by atomic mass is 10.0. The molecule has 4 rings (SSSR count). The predicted octanol–water partition coefficient (Wildman–Crippen LogP) is 2.46. The monoisotopic (exact) mass is 368 g/mol. The number of likely N-dealkylation sites (N-methyl/N-ethyl adjacent to an activating group) is 1. The van der Waals surface area contributed by atoms with Crippen molar-refractivity contribution >= 4 is 17.9 Å². The van der Waals surface area contributed by atoms with Gasteiger partial charge >= 0.3 is 0 Å². The second-order valence-electron chi connectivity index (χ2n) is 7.45. The number of carbonyl (C=O) groups is 1. The Balaban J connectivity index is 1.70. The van der Waals surface area contributed by atoms with Crippen LogP contribution >= 0.6 is 0 Å². The lowest BCUT2D eigenvalue weighted by Gasteiger charge is -2.47. The zero-order valence-electron chi connectivity index (χ0n) is 16.3. The Morgan fingerprint density at radius 1 is 1.33 bits per heavy atom. The third-order valence-electron chi connectivity index (χ3n) is 5.89. The minimum atomic E-state index is -0.179. The fourth-order valence-corrected chi connectivity index (χ4v) is 4.43. The van der Waals surface area contributed by atoms with Gasteiger partial charge in [-0.25, -0.2) is 4.98 Å². The SMILES string of the molecule is CCC1C(=O)N(C)C2=C(NC(c3ccnc(NC)c3)N=C2)N1C1CCCC1. The minimum Gasteiger partial charge on any atom is -0.373 e.